The minimum Gasteiger partial charge on any atom is -0.312 e. The Balaban J connectivity index is 1.75. The van der Waals surface area contributed by atoms with E-state index >= 15 is 0 Å². The van der Waals surface area contributed by atoms with Gasteiger partial charge in [-0.3, -0.25) is 19.8 Å². The van der Waals surface area contributed by atoms with Crippen LogP contribution in [-0.4, -0.2) is 48.9 Å². The Hall–Kier alpha value is -1.72. The number of hydrogen-bond acceptors (Lipinski definition) is 4. The van der Waals surface area contributed by atoms with Gasteiger partial charge < -0.3 is 5.32 Å². The number of imide groups is 1. The standard InChI is InChI=1S/C15H21N3O2/c1-12-10-18(8-7-16-12)11-15(20)17-14(19)9-13-5-3-2-4-6-13/h2-6,12,16H,7-11H2,1H3,(H,17,19,20)/t12-/m1/s1. The summed E-state index contributed by atoms with van der Waals surface area (Å²) in [6, 6.07) is 9.80. The van der Waals surface area contributed by atoms with Gasteiger partial charge in [-0.1, -0.05) is 30.3 Å². The summed E-state index contributed by atoms with van der Waals surface area (Å²) >= 11 is 0. The second-order valence-electron chi connectivity index (χ2n) is 5.22. The fourth-order valence-electron chi connectivity index (χ4n) is 2.38. The summed E-state index contributed by atoms with van der Waals surface area (Å²) in [5, 5.41) is 5.77. The highest BCUT2D eigenvalue weighted by atomic mass is 16.2. The fraction of sp³-hybridized carbons (Fsp3) is 0.467. The van der Waals surface area contributed by atoms with Crippen molar-refractivity contribution in [3.8, 4) is 0 Å². The summed E-state index contributed by atoms with van der Waals surface area (Å²) in [6.45, 7) is 4.93. The maximum atomic E-state index is 11.8. The van der Waals surface area contributed by atoms with Crippen LogP contribution >= 0.6 is 0 Å². The first-order valence-corrected chi connectivity index (χ1v) is 6.96. The van der Waals surface area contributed by atoms with Crippen molar-refractivity contribution < 1.29 is 9.59 Å². The first-order valence-electron chi connectivity index (χ1n) is 6.96. The number of benzene rings is 1. The van der Waals surface area contributed by atoms with Gasteiger partial charge in [-0.15, -0.1) is 0 Å². The van der Waals surface area contributed by atoms with Crippen molar-refractivity contribution in [1.29, 1.82) is 0 Å². The van der Waals surface area contributed by atoms with Gasteiger partial charge in [0.2, 0.25) is 11.8 Å². The highest BCUT2D eigenvalue weighted by Crippen LogP contribution is 2.00. The molecule has 20 heavy (non-hydrogen) atoms. The molecular weight excluding hydrogens is 254 g/mol. The maximum absolute atomic E-state index is 11.8. The van der Waals surface area contributed by atoms with Crippen molar-refractivity contribution in [2.24, 2.45) is 0 Å². The van der Waals surface area contributed by atoms with Crippen molar-refractivity contribution in [3.63, 3.8) is 0 Å². The van der Waals surface area contributed by atoms with Crippen LogP contribution in [0.1, 0.15) is 12.5 Å². The Labute approximate surface area is 119 Å². The lowest BCUT2D eigenvalue weighted by Gasteiger charge is -2.31. The molecule has 1 fully saturated rings. The lowest BCUT2D eigenvalue weighted by Crippen LogP contribution is -2.52. The molecule has 2 amide bonds. The van der Waals surface area contributed by atoms with Crippen molar-refractivity contribution in [2.75, 3.05) is 26.2 Å². The zero-order chi connectivity index (χ0) is 14.4. The smallest absolute Gasteiger partial charge is 0.240 e. The number of nitrogens with zero attached hydrogens (tertiary/aromatic N) is 1. The third kappa shape index (κ3) is 4.75. The van der Waals surface area contributed by atoms with Gasteiger partial charge in [0, 0.05) is 25.7 Å². The Bertz CT molecular complexity index is 461. The summed E-state index contributed by atoms with van der Waals surface area (Å²) in [5.41, 5.74) is 0.911. The molecule has 0 saturated carbocycles. The average Bonchev–Trinajstić information content (AvgIpc) is 2.39. The van der Waals surface area contributed by atoms with Crippen LogP contribution in [0, 0.1) is 0 Å². The molecule has 108 valence electrons. The lowest BCUT2D eigenvalue weighted by atomic mass is 10.1. The van der Waals surface area contributed by atoms with Gasteiger partial charge in [-0.05, 0) is 12.5 Å². The van der Waals surface area contributed by atoms with E-state index in [1.165, 1.54) is 0 Å². The molecule has 5 heteroatoms. The molecule has 0 aliphatic carbocycles. The SMILES string of the molecule is C[C@@H]1CN(CC(=O)NC(=O)Cc2ccccc2)CCN1. The largest absolute Gasteiger partial charge is 0.312 e. The molecule has 0 spiro atoms. The molecule has 1 aromatic rings. The fourth-order valence-corrected chi connectivity index (χ4v) is 2.38. The number of nitrogens with one attached hydrogen (secondary N) is 2. The molecule has 2 rings (SSSR count). The number of amides is 2. The van der Waals surface area contributed by atoms with Gasteiger partial charge in [0.15, 0.2) is 0 Å². The van der Waals surface area contributed by atoms with Crippen LogP contribution in [0.2, 0.25) is 0 Å². The van der Waals surface area contributed by atoms with Gasteiger partial charge in [0.25, 0.3) is 0 Å². The summed E-state index contributed by atoms with van der Waals surface area (Å²) in [7, 11) is 0. The quantitative estimate of drug-likeness (QED) is 0.822. The monoisotopic (exact) mass is 275 g/mol. The minimum absolute atomic E-state index is 0.222. The van der Waals surface area contributed by atoms with E-state index in [9.17, 15) is 9.59 Å². The first kappa shape index (κ1) is 14.7. The van der Waals surface area contributed by atoms with E-state index in [1.54, 1.807) is 0 Å². The Kier molecular flexibility index (Phi) is 5.26. The summed E-state index contributed by atoms with van der Waals surface area (Å²) in [4.78, 5) is 25.7. The molecule has 1 aliphatic rings. The van der Waals surface area contributed by atoms with Crippen LogP contribution in [0.15, 0.2) is 30.3 Å². The molecule has 1 aromatic carbocycles. The number of rotatable bonds is 4. The van der Waals surface area contributed by atoms with Gasteiger partial charge >= 0.3 is 0 Å². The third-order valence-corrected chi connectivity index (χ3v) is 3.31. The van der Waals surface area contributed by atoms with Gasteiger partial charge in [-0.2, -0.15) is 0 Å². The van der Waals surface area contributed by atoms with Crippen molar-refractivity contribution in [2.45, 2.75) is 19.4 Å². The highest BCUT2D eigenvalue weighted by molar-refractivity contribution is 5.96. The van der Waals surface area contributed by atoms with Crippen molar-refractivity contribution in [3.05, 3.63) is 35.9 Å². The van der Waals surface area contributed by atoms with E-state index in [-0.39, 0.29) is 24.8 Å². The number of hydrogen-bond donors (Lipinski definition) is 2. The molecule has 0 radical (unpaired) electrons. The van der Waals surface area contributed by atoms with E-state index in [1.807, 2.05) is 30.3 Å². The number of carbonyl (C=O) groups is 2. The Morgan fingerprint density at radius 1 is 1.30 bits per heavy atom. The van der Waals surface area contributed by atoms with E-state index in [0.29, 0.717) is 6.04 Å². The predicted molar refractivity (Wildman–Crippen MR) is 77.2 cm³/mol. The third-order valence-electron chi connectivity index (χ3n) is 3.31. The normalized spacial score (nSPS) is 19.6. The molecule has 0 bridgehead atoms. The zero-order valence-corrected chi connectivity index (χ0v) is 11.8. The molecule has 1 atom stereocenters. The average molecular weight is 275 g/mol. The molecule has 5 nitrogen and oxygen atoms in total. The maximum Gasteiger partial charge on any atom is 0.240 e. The predicted octanol–water partition coefficient (Wildman–Crippen LogP) is 0.166. The van der Waals surface area contributed by atoms with Gasteiger partial charge in [0.1, 0.15) is 0 Å². The summed E-state index contributed by atoms with van der Waals surface area (Å²) < 4.78 is 0. The first-order chi connectivity index (χ1) is 9.63. The van der Waals surface area contributed by atoms with Crippen molar-refractivity contribution in [1.82, 2.24) is 15.5 Å². The van der Waals surface area contributed by atoms with Crippen molar-refractivity contribution >= 4 is 11.8 Å². The molecule has 0 aromatic heterocycles. The number of carbonyl (C=O) groups excluding carboxylic acids is 2. The van der Waals surface area contributed by atoms with Crippen LogP contribution in [0.4, 0.5) is 0 Å². The molecule has 1 saturated heterocycles. The van der Waals surface area contributed by atoms with Gasteiger partial charge in [0.05, 0.1) is 13.0 Å². The van der Waals surface area contributed by atoms with Crippen LogP contribution in [-0.2, 0) is 16.0 Å². The lowest BCUT2D eigenvalue weighted by molar-refractivity contribution is -0.130. The molecule has 2 N–H and O–H groups in total. The Morgan fingerprint density at radius 3 is 2.75 bits per heavy atom. The van der Waals surface area contributed by atoms with E-state index in [0.717, 1.165) is 25.2 Å². The zero-order valence-electron chi connectivity index (χ0n) is 11.8. The topological polar surface area (TPSA) is 61.4 Å². The molecule has 0 unspecified atom stereocenters. The summed E-state index contributed by atoms with van der Waals surface area (Å²) in [5.74, 6) is -0.468. The van der Waals surface area contributed by atoms with E-state index in [2.05, 4.69) is 22.5 Å². The number of piperazine rings is 1. The van der Waals surface area contributed by atoms with E-state index < -0.39 is 0 Å². The van der Waals surface area contributed by atoms with Crippen LogP contribution in [0.25, 0.3) is 0 Å². The van der Waals surface area contributed by atoms with E-state index in [4.69, 9.17) is 0 Å². The molecular formula is C15H21N3O2. The molecule has 1 aliphatic heterocycles. The van der Waals surface area contributed by atoms with Gasteiger partial charge in [-0.25, -0.2) is 0 Å². The van der Waals surface area contributed by atoms with Crippen LogP contribution < -0.4 is 10.6 Å². The summed E-state index contributed by atoms with van der Waals surface area (Å²) in [6.07, 6.45) is 0.241. The van der Waals surface area contributed by atoms with Crippen LogP contribution in [0.5, 0.6) is 0 Å². The minimum atomic E-state index is -0.246. The Morgan fingerprint density at radius 2 is 2.05 bits per heavy atom. The molecule has 1 heterocycles. The second kappa shape index (κ2) is 7.17. The highest BCUT2D eigenvalue weighted by Gasteiger charge is 2.18. The van der Waals surface area contributed by atoms with Crippen LogP contribution in [0.3, 0.4) is 0 Å². The second-order valence-corrected chi connectivity index (χ2v) is 5.22.